The molecule has 88 valence electrons. The minimum absolute atomic E-state index is 0.182. The van der Waals surface area contributed by atoms with Gasteiger partial charge < -0.3 is 4.90 Å². The van der Waals surface area contributed by atoms with Crippen molar-refractivity contribution in [3.63, 3.8) is 0 Å². The van der Waals surface area contributed by atoms with Crippen molar-refractivity contribution in [3.8, 4) is 0 Å². The van der Waals surface area contributed by atoms with Gasteiger partial charge in [-0.05, 0) is 25.7 Å². The van der Waals surface area contributed by atoms with E-state index in [4.69, 9.17) is 23.2 Å². The molecule has 0 aliphatic carbocycles. The van der Waals surface area contributed by atoms with Crippen molar-refractivity contribution in [2.24, 2.45) is 4.99 Å². The first-order valence-corrected chi connectivity index (χ1v) is 6.57. The predicted octanol–water partition coefficient (Wildman–Crippen LogP) is 2.56. The van der Waals surface area contributed by atoms with Crippen LogP contribution in [0.3, 0.4) is 0 Å². The zero-order valence-corrected chi connectivity index (χ0v) is 10.6. The van der Waals surface area contributed by atoms with E-state index in [9.17, 15) is 0 Å². The van der Waals surface area contributed by atoms with E-state index in [0.717, 1.165) is 0 Å². The summed E-state index contributed by atoms with van der Waals surface area (Å²) < 4.78 is 0. The van der Waals surface area contributed by atoms with Gasteiger partial charge in [-0.2, -0.15) is 0 Å². The summed E-state index contributed by atoms with van der Waals surface area (Å²) in [6.45, 7) is 3.06. The van der Waals surface area contributed by atoms with Gasteiger partial charge in [0.2, 0.25) is 0 Å². The maximum atomic E-state index is 6.07. The Morgan fingerprint density at radius 3 is 2.50 bits per heavy atom. The van der Waals surface area contributed by atoms with Crippen molar-refractivity contribution in [1.29, 1.82) is 0 Å². The average molecular weight is 260 g/mol. The van der Waals surface area contributed by atoms with E-state index in [1.54, 1.807) is 0 Å². The fourth-order valence-electron chi connectivity index (χ4n) is 3.24. The third-order valence-corrected chi connectivity index (χ3v) is 4.66. The Morgan fingerprint density at radius 2 is 1.88 bits per heavy atom. The lowest BCUT2D eigenvalue weighted by Crippen LogP contribution is -2.52. The molecule has 0 spiro atoms. The van der Waals surface area contributed by atoms with Crippen molar-refractivity contribution in [2.45, 2.75) is 31.3 Å². The van der Waals surface area contributed by atoms with Crippen LogP contribution in [0.15, 0.2) is 16.2 Å². The van der Waals surface area contributed by atoms with Crippen LogP contribution in [-0.4, -0.2) is 40.4 Å². The van der Waals surface area contributed by atoms with Crippen LogP contribution in [0.1, 0.15) is 25.7 Å². The molecule has 0 N–H and O–H groups in total. The van der Waals surface area contributed by atoms with Gasteiger partial charge >= 0.3 is 0 Å². The van der Waals surface area contributed by atoms with Crippen molar-refractivity contribution < 1.29 is 0 Å². The summed E-state index contributed by atoms with van der Waals surface area (Å²) >= 11 is 12.0. The molecule has 2 saturated heterocycles. The van der Waals surface area contributed by atoms with Crippen LogP contribution < -0.4 is 0 Å². The molecule has 0 aromatic rings. The zero-order chi connectivity index (χ0) is 11.2. The molecule has 3 heterocycles. The summed E-state index contributed by atoms with van der Waals surface area (Å²) in [6, 6.07) is 0. The van der Waals surface area contributed by atoms with Gasteiger partial charge in [-0.1, -0.05) is 23.2 Å². The maximum Gasteiger partial charge on any atom is 0.145 e. The fourth-order valence-corrected chi connectivity index (χ4v) is 3.52. The lowest BCUT2D eigenvalue weighted by atomic mass is 10.0. The summed E-state index contributed by atoms with van der Waals surface area (Å²) in [5.74, 6) is 0. The standard InChI is InChI=1S/C11H15Cl2N3/c12-9-7-16(8-14-10(9)13)11-3-1-5-15(11)6-2-4-11/h7H,1-6,8H2. The molecule has 3 nitrogen and oxygen atoms in total. The number of rotatable bonds is 1. The summed E-state index contributed by atoms with van der Waals surface area (Å²) in [6.07, 6.45) is 6.97. The van der Waals surface area contributed by atoms with Gasteiger partial charge in [0.25, 0.3) is 0 Å². The average Bonchev–Trinajstić information content (AvgIpc) is 2.81. The molecular weight excluding hydrogens is 245 g/mol. The molecule has 16 heavy (non-hydrogen) atoms. The molecule has 0 radical (unpaired) electrons. The van der Waals surface area contributed by atoms with Crippen LogP contribution in [-0.2, 0) is 0 Å². The number of allylic oxidation sites excluding steroid dienone is 1. The van der Waals surface area contributed by atoms with E-state index in [2.05, 4.69) is 14.8 Å². The first-order valence-electron chi connectivity index (χ1n) is 5.82. The van der Waals surface area contributed by atoms with Crippen LogP contribution in [0.4, 0.5) is 0 Å². The highest BCUT2D eigenvalue weighted by atomic mass is 35.5. The SMILES string of the molecule is ClC1=CN(C23CCCN2CCC3)CN=C1Cl. The number of nitrogens with zero attached hydrogens (tertiary/aromatic N) is 3. The maximum absolute atomic E-state index is 6.07. The van der Waals surface area contributed by atoms with E-state index in [0.29, 0.717) is 16.9 Å². The molecule has 3 rings (SSSR count). The molecular formula is C11H15Cl2N3. The number of halogens is 2. The Bertz CT molecular complexity index is 354. The molecule has 0 aromatic carbocycles. The number of hydrogen-bond acceptors (Lipinski definition) is 3. The zero-order valence-electron chi connectivity index (χ0n) is 9.12. The second kappa shape index (κ2) is 3.90. The molecule has 3 aliphatic heterocycles. The summed E-state index contributed by atoms with van der Waals surface area (Å²) in [5.41, 5.74) is 0.182. The van der Waals surface area contributed by atoms with E-state index in [1.807, 2.05) is 6.20 Å². The molecule has 0 atom stereocenters. The smallest absolute Gasteiger partial charge is 0.145 e. The normalized spacial score (nSPS) is 29.0. The van der Waals surface area contributed by atoms with Crippen LogP contribution in [0.25, 0.3) is 0 Å². The highest BCUT2D eigenvalue weighted by Gasteiger charge is 2.48. The van der Waals surface area contributed by atoms with Gasteiger partial charge in [0, 0.05) is 19.3 Å². The third-order valence-electron chi connectivity index (χ3n) is 3.96. The largest absolute Gasteiger partial charge is 0.338 e. The summed E-state index contributed by atoms with van der Waals surface area (Å²) in [5, 5.41) is 1.01. The van der Waals surface area contributed by atoms with E-state index < -0.39 is 0 Å². The monoisotopic (exact) mass is 259 g/mol. The van der Waals surface area contributed by atoms with Crippen LogP contribution in [0.5, 0.6) is 0 Å². The minimum atomic E-state index is 0.182. The van der Waals surface area contributed by atoms with Gasteiger partial charge in [0.1, 0.15) is 11.8 Å². The van der Waals surface area contributed by atoms with Crippen LogP contribution in [0, 0.1) is 0 Å². The van der Waals surface area contributed by atoms with Crippen molar-refractivity contribution in [2.75, 3.05) is 19.8 Å². The molecule has 0 amide bonds. The van der Waals surface area contributed by atoms with E-state index >= 15 is 0 Å². The number of fused-ring (bicyclic) bond motifs is 1. The first kappa shape index (κ1) is 10.9. The molecule has 0 unspecified atom stereocenters. The summed E-state index contributed by atoms with van der Waals surface area (Å²) in [4.78, 5) is 9.12. The second-order valence-corrected chi connectivity index (χ2v) is 5.48. The Balaban J connectivity index is 1.88. The Morgan fingerprint density at radius 1 is 1.19 bits per heavy atom. The number of aliphatic imine (C=N–C) groups is 1. The molecule has 0 aromatic heterocycles. The Kier molecular flexibility index (Phi) is 2.65. The number of hydrogen-bond donors (Lipinski definition) is 0. The quantitative estimate of drug-likeness (QED) is 0.721. The Labute approximate surface area is 106 Å². The van der Waals surface area contributed by atoms with E-state index in [-0.39, 0.29) is 5.66 Å². The van der Waals surface area contributed by atoms with Gasteiger partial charge in [-0.25, -0.2) is 4.99 Å². The molecule has 2 fully saturated rings. The van der Waals surface area contributed by atoms with Crippen LogP contribution in [0.2, 0.25) is 0 Å². The third kappa shape index (κ3) is 1.49. The second-order valence-electron chi connectivity index (χ2n) is 4.71. The highest BCUT2D eigenvalue weighted by Crippen LogP contribution is 2.42. The van der Waals surface area contributed by atoms with Crippen molar-refractivity contribution >= 4 is 28.4 Å². The molecule has 0 saturated carbocycles. The van der Waals surface area contributed by atoms with Gasteiger partial charge in [-0.15, -0.1) is 0 Å². The fraction of sp³-hybridized carbons (Fsp3) is 0.727. The first-order chi connectivity index (χ1) is 7.72. The molecule has 3 aliphatic rings. The molecule has 0 bridgehead atoms. The van der Waals surface area contributed by atoms with Crippen molar-refractivity contribution in [1.82, 2.24) is 9.80 Å². The summed E-state index contributed by atoms with van der Waals surface area (Å²) in [7, 11) is 0. The Hall–Kier alpha value is -0.250. The van der Waals surface area contributed by atoms with E-state index in [1.165, 1.54) is 38.8 Å². The minimum Gasteiger partial charge on any atom is -0.338 e. The lowest BCUT2D eigenvalue weighted by Gasteiger charge is -2.43. The van der Waals surface area contributed by atoms with Gasteiger partial charge in [0.05, 0.1) is 10.7 Å². The van der Waals surface area contributed by atoms with Crippen LogP contribution >= 0.6 is 23.2 Å². The predicted molar refractivity (Wildman–Crippen MR) is 66.7 cm³/mol. The van der Waals surface area contributed by atoms with Crippen molar-refractivity contribution in [3.05, 3.63) is 11.2 Å². The van der Waals surface area contributed by atoms with Gasteiger partial charge in [-0.3, -0.25) is 4.90 Å². The van der Waals surface area contributed by atoms with Gasteiger partial charge in [0.15, 0.2) is 0 Å². The highest BCUT2D eigenvalue weighted by molar-refractivity contribution is 6.76. The molecule has 5 heteroatoms. The lowest BCUT2D eigenvalue weighted by molar-refractivity contribution is 0.0366. The topological polar surface area (TPSA) is 18.8 Å².